The van der Waals surface area contributed by atoms with E-state index in [4.69, 9.17) is 40.5 Å². The minimum Gasteiger partial charge on any atom is -0.383 e. The first kappa shape index (κ1) is 14.4. The maximum Gasteiger partial charge on any atom is 0.162 e. The molecule has 0 amide bonds. The van der Waals surface area contributed by atoms with Gasteiger partial charge in [0.2, 0.25) is 0 Å². The molecule has 0 saturated carbocycles. The van der Waals surface area contributed by atoms with Crippen molar-refractivity contribution in [3.8, 4) is 11.4 Å². The molecule has 1 aromatic heterocycles. The molecule has 6 heteroatoms. The van der Waals surface area contributed by atoms with Gasteiger partial charge in [0.1, 0.15) is 5.82 Å². The molecule has 0 radical (unpaired) electrons. The lowest BCUT2D eigenvalue weighted by atomic mass is 10.1. The van der Waals surface area contributed by atoms with Gasteiger partial charge >= 0.3 is 0 Å². The van der Waals surface area contributed by atoms with E-state index in [9.17, 15) is 0 Å². The molecule has 0 unspecified atom stereocenters. The van der Waals surface area contributed by atoms with Gasteiger partial charge in [0.05, 0.1) is 10.5 Å². The number of anilines is 1. The second-order valence-electron chi connectivity index (χ2n) is 4.68. The largest absolute Gasteiger partial charge is 0.383 e. The van der Waals surface area contributed by atoms with E-state index in [0.717, 1.165) is 11.1 Å². The van der Waals surface area contributed by atoms with E-state index < -0.39 is 0 Å². The smallest absolute Gasteiger partial charge is 0.162 e. The molecule has 0 fully saturated rings. The molecule has 21 heavy (non-hydrogen) atoms. The van der Waals surface area contributed by atoms with Crippen LogP contribution in [-0.2, 0) is 0 Å². The fourth-order valence-corrected chi connectivity index (χ4v) is 2.84. The van der Waals surface area contributed by atoms with E-state index in [-0.39, 0.29) is 0 Å². The van der Waals surface area contributed by atoms with Gasteiger partial charge in [-0.25, -0.2) is 9.97 Å². The third kappa shape index (κ3) is 2.64. The third-order valence-electron chi connectivity index (χ3n) is 3.19. The van der Waals surface area contributed by atoms with Crippen molar-refractivity contribution in [3.63, 3.8) is 0 Å². The summed E-state index contributed by atoms with van der Waals surface area (Å²) in [6.45, 7) is 1.96. The number of halogens is 3. The predicted molar refractivity (Wildman–Crippen MR) is 89.2 cm³/mol. The Hall–Kier alpha value is -1.55. The molecule has 0 spiro atoms. The fourth-order valence-electron chi connectivity index (χ4n) is 2.14. The SMILES string of the molecule is Cc1ccc(Cl)cc1-c1nc(N)c2cc(Cl)cc(Cl)c2n1. The molecular weight excluding hydrogens is 329 g/mol. The minimum absolute atomic E-state index is 0.332. The van der Waals surface area contributed by atoms with E-state index >= 15 is 0 Å². The summed E-state index contributed by atoms with van der Waals surface area (Å²) in [5, 5.41) is 2.18. The number of hydrogen-bond donors (Lipinski definition) is 1. The summed E-state index contributed by atoms with van der Waals surface area (Å²) in [7, 11) is 0. The lowest BCUT2D eigenvalue weighted by Gasteiger charge is -2.09. The summed E-state index contributed by atoms with van der Waals surface area (Å²) in [6.07, 6.45) is 0. The van der Waals surface area contributed by atoms with Gasteiger partial charge in [0, 0.05) is 21.0 Å². The molecule has 0 saturated heterocycles. The number of fused-ring (bicyclic) bond motifs is 1. The maximum absolute atomic E-state index is 6.21. The van der Waals surface area contributed by atoms with Gasteiger partial charge in [-0.1, -0.05) is 40.9 Å². The quantitative estimate of drug-likeness (QED) is 0.667. The van der Waals surface area contributed by atoms with Gasteiger partial charge in [0.15, 0.2) is 5.82 Å². The van der Waals surface area contributed by atoms with Crippen LogP contribution in [0.15, 0.2) is 30.3 Å². The third-order valence-corrected chi connectivity index (χ3v) is 3.93. The summed E-state index contributed by atoms with van der Waals surface area (Å²) >= 11 is 18.2. The van der Waals surface area contributed by atoms with Crippen LogP contribution in [0.5, 0.6) is 0 Å². The average Bonchev–Trinajstić information content (AvgIpc) is 2.42. The zero-order valence-corrected chi connectivity index (χ0v) is 13.3. The van der Waals surface area contributed by atoms with Crippen molar-refractivity contribution in [3.05, 3.63) is 51.0 Å². The molecular formula is C15H10Cl3N3. The molecule has 1 heterocycles. The number of nitrogen functional groups attached to an aromatic ring is 1. The van der Waals surface area contributed by atoms with Gasteiger partial charge in [-0.2, -0.15) is 0 Å². The number of benzene rings is 2. The number of hydrogen-bond acceptors (Lipinski definition) is 3. The number of aryl methyl sites for hydroxylation is 1. The van der Waals surface area contributed by atoms with Gasteiger partial charge in [-0.05, 0) is 36.8 Å². The van der Waals surface area contributed by atoms with Crippen molar-refractivity contribution in [2.24, 2.45) is 0 Å². The second kappa shape index (κ2) is 5.34. The topological polar surface area (TPSA) is 51.8 Å². The van der Waals surface area contributed by atoms with Crippen molar-refractivity contribution in [1.82, 2.24) is 9.97 Å². The van der Waals surface area contributed by atoms with Crippen LogP contribution in [0.25, 0.3) is 22.3 Å². The average molecular weight is 339 g/mol. The Morgan fingerprint density at radius 2 is 1.71 bits per heavy atom. The lowest BCUT2D eigenvalue weighted by molar-refractivity contribution is 1.22. The zero-order chi connectivity index (χ0) is 15.1. The van der Waals surface area contributed by atoms with E-state index in [0.29, 0.717) is 37.6 Å². The normalized spacial score (nSPS) is 11.0. The molecule has 3 nitrogen and oxygen atoms in total. The summed E-state index contributed by atoms with van der Waals surface area (Å²) in [5.74, 6) is 0.822. The molecule has 0 aliphatic heterocycles. The first-order valence-corrected chi connectivity index (χ1v) is 7.28. The van der Waals surface area contributed by atoms with Crippen LogP contribution in [0.2, 0.25) is 15.1 Å². The molecule has 3 rings (SSSR count). The number of aromatic nitrogens is 2. The van der Waals surface area contributed by atoms with Gasteiger partial charge in [-0.3, -0.25) is 0 Å². The Morgan fingerprint density at radius 3 is 2.48 bits per heavy atom. The van der Waals surface area contributed by atoms with E-state index in [2.05, 4.69) is 9.97 Å². The highest BCUT2D eigenvalue weighted by Crippen LogP contribution is 2.32. The van der Waals surface area contributed by atoms with E-state index in [1.54, 1.807) is 18.2 Å². The van der Waals surface area contributed by atoms with Crippen LogP contribution in [0.1, 0.15) is 5.56 Å². The highest BCUT2D eigenvalue weighted by Gasteiger charge is 2.13. The molecule has 0 bridgehead atoms. The molecule has 0 aliphatic rings. The van der Waals surface area contributed by atoms with Crippen LogP contribution < -0.4 is 5.73 Å². The van der Waals surface area contributed by atoms with Gasteiger partial charge in [-0.15, -0.1) is 0 Å². The van der Waals surface area contributed by atoms with Crippen LogP contribution in [0, 0.1) is 6.92 Å². The Balaban J connectivity index is 2.33. The molecule has 2 aromatic carbocycles. The summed E-state index contributed by atoms with van der Waals surface area (Å²) < 4.78 is 0. The molecule has 0 atom stereocenters. The number of nitrogens with two attached hydrogens (primary N) is 1. The maximum atomic E-state index is 6.21. The Kier molecular flexibility index (Phi) is 3.66. The van der Waals surface area contributed by atoms with Gasteiger partial charge < -0.3 is 5.73 Å². The van der Waals surface area contributed by atoms with Gasteiger partial charge in [0.25, 0.3) is 0 Å². The Bertz CT molecular complexity index is 862. The second-order valence-corrected chi connectivity index (χ2v) is 5.96. The highest BCUT2D eigenvalue weighted by molar-refractivity contribution is 6.38. The highest BCUT2D eigenvalue weighted by atomic mass is 35.5. The fraction of sp³-hybridized carbons (Fsp3) is 0.0667. The number of nitrogens with zero attached hydrogens (tertiary/aromatic N) is 2. The molecule has 0 aliphatic carbocycles. The van der Waals surface area contributed by atoms with Crippen LogP contribution in [0.4, 0.5) is 5.82 Å². The van der Waals surface area contributed by atoms with Crippen LogP contribution in [-0.4, -0.2) is 9.97 Å². The van der Waals surface area contributed by atoms with Crippen molar-refractivity contribution in [2.45, 2.75) is 6.92 Å². The summed E-state index contributed by atoms with van der Waals surface area (Å²) in [4.78, 5) is 8.86. The lowest BCUT2D eigenvalue weighted by Crippen LogP contribution is -1.99. The monoisotopic (exact) mass is 337 g/mol. The summed E-state index contributed by atoms with van der Waals surface area (Å²) in [6, 6.07) is 8.86. The first-order chi connectivity index (χ1) is 9.95. The van der Waals surface area contributed by atoms with E-state index in [1.807, 2.05) is 19.1 Å². The predicted octanol–water partition coefficient (Wildman–Crippen LogP) is 5.15. The number of rotatable bonds is 1. The first-order valence-electron chi connectivity index (χ1n) is 6.14. The van der Waals surface area contributed by atoms with E-state index in [1.165, 1.54) is 0 Å². The van der Waals surface area contributed by atoms with Crippen LogP contribution >= 0.6 is 34.8 Å². The van der Waals surface area contributed by atoms with Crippen molar-refractivity contribution in [1.29, 1.82) is 0 Å². The van der Waals surface area contributed by atoms with Crippen LogP contribution in [0.3, 0.4) is 0 Å². The van der Waals surface area contributed by atoms with Crippen molar-refractivity contribution in [2.75, 3.05) is 5.73 Å². The standard InChI is InChI=1S/C15H10Cl3N3/c1-7-2-3-8(16)4-10(7)15-20-13-11(14(19)21-15)5-9(17)6-12(13)18/h2-6H,1H3,(H2,19,20,21). The molecule has 3 aromatic rings. The minimum atomic E-state index is 0.332. The molecule has 2 N–H and O–H groups in total. The summed E-state index contributed by atoms with van der Waals surface area (Å²) in [5.41, 5.74) is 8.42. The Labute approximate surface area is 136 Å². The van der Waals surface area contributed by atoms with Crippen molar-refractivity contribution < 1.29 is 0 Å². The zero-order valence-electron chi connectivity index (χ0n) is 11.0. The Morgan fingerprint density at radius 1 is 0.952 bits per heavy atom. The van der Waals surface area contributed by atoms with Crippen molar-refractivity contribution >= 4 is 51.5 Å². The molecule has 106 valence electrons.